The maximum atomic E-state index is 12.8. The van der Waals surface area contributed by atoms with Crippen LogP contribution in [0.4, 0.5) is 11.6 Å². The van der Waals surface area contributed by atoms with Crippen LogP contribution in [-0.2, 0) is 4.79 Å². The molecule has 1 saturated heterocycles. The number of aryl methyl sites for hydroxylation is 1. The summed E-state index contributed by atoms with van der Waals surface area (Å²) >= 11 is 0. The average molecular weight is 401 g/mol. The zero-order valence-electron chi connectivity index (χ0n) is 16.8. The summed E-state index contributed by atoms with van der Waals surface area (Å²) in [5.41, 5.74) is 3.28. The van der Waals surface area contributed by atoms with Crippen LogP contribution in [0.5, 0.6) is 0 Å². The minimum Gasteiger partial charge on any atom is -0.350 e. The molecular weight excluding hydrogens is 378 g/mol. The van der Waals surface area contributed by atoms with E-state index in [9.17, 15) is 9.59 Å². The molecule has 1 aliphatic heterocycles. The number of rotatable bonds is 5. The zero-order valence-corrected chi connectivity index (χ0v) is 16.8. The van der Waals surface area contributed by atoms with Crippen molar-refractivity contribution in [3.8, 4) is 0 Å². The van der Waals surface area contributed by atoms with E-state index in [-0.39, 0.29) is 17.9 Å². The van der Waals surface area contributed by atoms with Gasteiger partial charge in [0.2, 0.25) is 11.9 Å². The number of nitrogens with one attached hydrogen (secondary N) is 2. The molecule has 1 aromatic heterocycles. The molecule has 2 amide bonds. The summed E-state index contributed by atoms with van der Waals surface area (Å²) in [5.74, 6) is 0.261. The number of aromatic nitrogens is 2. The van der Waals surface area contributed by atoms with Crippen molar-refractivity contribution < 1.29 is 9.59 Å². The lowest BCUT2D eigenvalue weighted by Gasteiger charge is -2.17. The molecule has 0 saturated carbocycles. The van der Waals surface area contributed by atoms with Crippen molar-refractivity contribution in [3.05, 3.63) is 72.4 Å². The van der Waals surface area contributed by atoms with E-state index in [1.807, 2.05) is 30.2 Å². The molecule has 7 nitrogen and oxygen atoms in total. The molecule has 1 aliphatic rings. The smallest absolute Gasteiger partial charge is 0.253 e. The van der Waals surface area contributed by atoms with E-state index in [2.05, 4.69) is 33.2 Å². The van der Waals surface area contributed by atoms with E-state index in [0.717, 1.165) is 17.3 Å². The number of carbonyl (C=O) groups excluding carboxylic acids is 2. The molecule has 1 fully saturated rings. The second-order valence-electron chi connectivity index (χ2n) is 7.41. The fraction of sp³-hybridized carbons (Fsp3) is 0.217. The first-order valence-electron chi connectivity index (χ1n) is 9.84. The van der Waals surface area contributed by atoms with Crippen molar-refractivity contribution in [1.29, 1.82) is 0 Å². The fourth-order valence-corrected chi connectivity index (χ4v) is 3.54. The lowest BCUT2D eigenvalue weighted by atomic mass is 10.2. The molecule has 0 radical (unpaired) electrons. The number of fused-ring (bicyclic) bond motifs is 1. The van der Waals surface area contributed by atoms with Crippen LogP contribution in [0.3, 0.4) is 0 Å². The number of carbonyl (C=O) groups is 2. The highest BCUT2D eigenvalue weighted by atomic mass is 16.2. The summed E-state index contributed by atoms with van der Waals surface area (Å²) in [6, 6.07) is 13.0. The molecule has 0 aliphatic carbocycles. The molecule has 0 unspecified atom stereocenters. The minimum absolute atomic E-state index is 0.0317. The van der Waals surface area contributed by atoms with Crippen molar-refractivity contribution in [1.82, 2.24) is 14.9 Å². The molecule has 2 N–H and O–H groups in total. The Hall–Kier alpha value is -3.74. The summed E-state index contributed by atoms with van der Waals surface area (Å²) in [5, 5.41) is 7.03. The van der Waals surface area contributed by atoms with Crippen LogP contribution in [0.25, 0.3) is 10.9 Å². The predicted molar refractivity (Wildman–Crippen MR) is 117 cm³/mol. The van der Waals surface area contributed by atoms with Gasteiger partial charge in [-0.25, -0.2) is 9.97 Å². The van der Waals surface area contributed by atoms with Crippen molar-refractivity contribution in [2.24, 2.45) is 0 Å². The second-order valence-corrected chi connectivity index (χ2v) is 7.41. The molecule has 2 aromatic carbocycles. The molecule has 1 atom stereocenters. The maximum absolute atomic E-state index is 12.8. The van der Waals surface area contributed by atoms with Gasteiger partial charge in [-0.05, 0) is 55.8 Å². The van der Waals surface area contributed by atoms with Gasteiger partial charge in [-0.3, -0.25) is 9.59 Å². The number of likely N-dealkylation sites (tertiary alicyclic amines) is 1. The number of hydrogen-bond acceptors (Lipinski definition) is 5. The third-order valence-corrected chi connectivity index (χ3v) is 5.13. The van der Waals surface area contributed by atoms with Gasteiger partial charge in [0.05, 0.1) is 5.52 Å². The number of nitrogens with zero attached hydrogens (tertiary/aromatic N) is 3. The number of anilines is 2. The van der Waals surface area contributed by atoms with Crippen LogP contribution in [0.1, 0.15) is 22.3 Å². The number of amides is 2. The monoisotopic (exact) mass is 401 g/mol. The molecule has 30 heavy (non-hydrogen) atoms. The largest absolute Gasteiger partial charge is 0.350 e. The van der Waals surface area contributed by atoms with Crippen LogP contribution >= 0.6 is 0 Å². The summed E-state index contributed by atoms with van der Waals surface area (Å²) in [6.07, 6.45) is 3.85. The summed E-state index contributed by atoms with van der Waals surface area (Å²) in [7, 11) is 0. The molecule has 4 rings (SSSR count). The quantitative estimate of drug-likeness (QED) is 0.640. The van der Waals surface area contributed by atoms with E-state index >= 15 is 0 Å². The lowest BCUT2D eigenvalue weighted by molar-refractivity contribution is -0.111. The van der Waals surface area contributed by atoms with Gasteiger partial charge in [0, 0.05) is 42.0 Å². The van der Waals surface area contributed by atoms with Crippen LogP contribution in [0.2, 0.25) is 0 Å². The van der Waals surface area contributed by atoms with Gasteiger partial charge in [0.15, 0.2) is 0 Å². The molecule has 2 heterocycles. The summed E-state index contributed by atoms with van der Waals surface area (Å²) in [6.45, 7) is 6.72. The van der Waals surface area contributed by atoms with Crippen molar-refractivity contribution >= 4 is 34.4 Å². The highest BCUT2D eigenvalue weighted by molar-refractivity contribution is 5.99. The first-order chi connectivity index (χ1) is 14.5. The Morgan fingerprint density at radius 2 is 2.00 bits per heavy atom. The first-order valence-corrected chi connectivity index (χ1v) is 9.84. The second kappa shape index (κ2) is 8.32. The Labute approximate surface area is 174 Å². The summed E-state index contributed by atoms with van der Waals surface area (Å²) in [4.78, 5) is 35.0. The first kappa shape index (κ1) is 19.6. The minimum atomic E-state index is -0.284. The van der Waals surface area contributed by atoms with Crippen LogP contribution in [0.15, 0.2) is 61.3 Å². The van der Waals surface area contributed by atoms with Gasteiger partial charge < -0.3 is 15.5 Å². The topological polar surface area (TPSA) is 87.2 Å². The third kappa shape index (κ3) is 4.30. The fourth-order valence-electron chi connectivity index (χ4n) is 3.54. The normalized spacial score (nSPS) is 15.8. The lowest BCUT2D eigenvalue weighted by Crippen LogP contribution is -2.31. The molecule has 152 valence electrons. The maximum Gasteiger partial charge on any atom is 0.253 e. The average Bonchev–Trinajstić information content (AvgIpc) is 3.22. The Kier molecular flexibility index (Phi) is 5.43. The zero-order chi connectivity index (χ0) is 21.1. The van der Waals surface area contributed by atoms with Crippen LogP contribution < -0.4 is 10.6 Å². The van der Waals surface area contributed by atoms with Crippen molar-refractivity contribution in [2.45, 2.75) is 19.4 Å². The standard InChI is InChI=1S/C23H23N5O2/c1-3-21(29)25-18-7-5-16(6-8-18)22(30)28-11-10-19(14-28)26-23-24-13-17-12-15(2)4-9-20(17)27-23/h3-9,12-13,19H,1,10-11,14H2,2H3,(H,25,29)(H,24,26,27)/t19-/m1/s1. The number of benzene rings is 2. The molecule has 7 heteroatoms. The summed E-state index contributed by atoms with van der Waals surface area (Å²) < 4.78 is 0. The van der Waals surface area contributed by atoms with Crippen molar-refractivity contribution in [2.75, 3.05) is 23.7 Å². The molecule has 0 bridgehead atoms. The Bertz CT molecular complexity index is 1110. The van der Waals surface area contributed by atoms with Crippen LogP contribution in [-0.4, -0.2) is 45.8 Å². The van der Waals surface area contributed by atoms with E-state index in [4.69, 9.17) is 0 Å². The third-order valence-electron chi connectivity index (χ3n) is 5.13. The highest BCUT2D eigenvalue weighted by Crippen LogP contribution is 2.19. The SMILES string of the molecule is C=CC(=O)Nc1ccc(C(=O)N2CC[C@@H](Nc3ncc4cc(C)ccc4n3)C2)cc1. The van der Waals surface area contributed by atoms with E-state index in [1.165, 1.54) is 11.6 Å². The van der Waals surface area contributed by atoms with Gasteiger partial charge in [-0.1, -0.05) is 18.2 Å². The van der Waals surface area contributed by atoms with E-state index in [1.54, 1.807) is 24.3 Å². The Morgan fingerprint density at radius 1 is 1.20 bits per heavy atom. The van der Waals surface area contributed by atoms with Gasteiger partial charge in [0.1, 0.15) is 0 Å². The molecule has 3 aromatic rings. The van der Waals surface area contributed by atoms with E-state index < -0.39 is 0 Å². The Morgan fingerprint density at radius 3 is 2.77 bits per heavy atom. The van der Waals surface area contributed by atoms with Gasteiger partial charge in [-0.2, -0.15) is 0 Å². The predicted octanol–water partition coefficient (Wildman–Crippen LogP) is 3.39. The highest BCUT2D eigenvalue weighted by Gasteiger charge is 2.27. The molecule has 0 spiro atoms. The van der Waals surface area contributed by atoms with Gasteiger partial charge in [0.25, 0.3) is 5.91 Å². The van der Waals surface area contributed by atoms with Crippen LogP contribution in [0, 0.1) is 6.92 Å². The molecular formula is C23H23N5O2. The van der Waals surface area contributed by atoms with Gasteiger partial charge >= 0.3 is 0 Å². The number of hydrogen-bond donors (Lipinski definition) is 2. The Balaban J connectivity index is 1.38. The van der Waals surface area contributed by atoms with Gasteiger partial charge in [-0.15, -0.1) is 0 Å². The van der Waals surface area contributed by atoms with E-state index in [0.29, 0.717) is 30.3 Å². The van der Waals surface area contributed by atoms with Crippen molar-refractivity contribution in [3.63, 3.8) is 0 Å².